The van der Waals surface area contributed by atoms with Crippen LogP contribution in [-0.2, 0) is 18.9 Å². The molecule has 0 fully saturated rings. The first-order chi connectivity index (χ1) is 3.71. The van der Waals surface area contributed by atoms with Gasteiger partial charge in [0.1, 0.15) is 0 Å². The van der Waals surface area contributed by atoms with Crippen molar-refractivity contribution in [3.8, 4) is 0 Å². The quantitative estimate of drug-likeness (QED) is 0.287. The summed E-state index contributed by atoms with van der Waals surface area (Å²) in [7, 11) is -10.2. The molecule has 0 bridgehead atoms. The Morgan fingerprint density at radius 2 is 1.45 bits per heavy atom. The van der Waals surface area contributed by atoms with Gasteiger partial charge >= 0.3 is 121 Å². The Morgan fingerprint density at radius 3 is 1.45 bits per heavy atom. The van der Waals surface area contributed by atoms with Crippen molar-refractivity contribution in [2.24, 2.45) is 0 Å². The molecule has 0 rings (SSSR count). The number of rotatable bonds is 2. The Hall–Kier alpha value is 3.29. The molecule has 0 radical (unpaired) electrons. The Kier molecular flexibility index (Phi) is 13.6. The van der Waals surface area contributed by atoms with Gasteiger partial charge in [0.05, 0.1) is 0 Å². The second kappa shape index (κ2) is 7.57. The summed E-state index contributed by atoms with van der Waals surface area (Å²) in [5.74, 6) is 0. The number of hydrogen-bond donors (Lipinski definition) is 3. The van der Waals surface area contributed by atoms with E-state index in [9.17, 15) is 13.0 Å². The van der Waals surface area contributed by atoms with Crippen molar-refractivity contribution in [3.63, 3.8) is 0 Å². The van der Waals surface area contributed by atoms with Gasteiger partial charge in [-0.1, -0.05) is 0 Å². The van der Waals surface area contributed by atoms with Crippen LogP contribution in [0.1, 0.15) is 0 Å². The van der Waals surface area contributed by atoms with Crippen LogP contribution in [0.25, 0.3) is 0 Å². The molecule has 0 unspecified atom stereocenters. The summed E-state index contributed by atoms with van der Waals surface area (Å²) < 4.78 is 39.0. The molecule has 11 heteroatoms. The van der Waals surface area contributed by atoms with Gasteiger partial charge in [0, 0.05) is 0 Å². The predicted octanol–water partition coefficient (Wildman–Crippen LogP) is -2.40. The van der Waals surface area contributed by atoms with E-state index in [1.54, 1.807) is 0 Å². The maximum absolute atomic E-state index is 9.58. The molecule has 0 saturated carbocycles. The van der Waals surface area contributed by atoms with Gasteiger partial charge in [0.15, 0.2) is 0 Å². The Balaban J connectivity index is -0.000000320. The fourth-order valence-electron chi connectivity index (χ4n) is 0.123. The molecule has 0 amide bonds. The van der Waals surface area contributed by atoms with E-state index in [-0.39, 0.29) is 103 Å². The van der Waals surface area contributed by atoms with E-state index in [2.05, 4.69) is 3.97 Å². The molecule has 0 spiro atoms. The molecule has 7 nitrogen and oxygen atoms in total. The van der Waals surface area contributed by atoms with Crippen molar-refractivity contribution in [3.05, 3.63) is 0 Å². The van der Waals surface area contributed by atoms with Crippen molar-refractivity contribution in [2.75, 3.05) is 0 Å². The van der Waals surface area contributed by atoms with Gasteiger partial charge in [0.25, 0.3) is 0 Å². The van der Waals surface area contributed by atoms with Gasteiger partial charge in [-0.15, -0.1) is 3.97 Å². The van der Waals surface area contributed by atoms with Gasteiger partial charge in [-0.25, -0.2) is 4.57 Å². The SMILES string of the molecule is O=P(O)(O)OS(=O)(=O)O.[KH].[KH]. The minimum absolute atomic E-state index is 0. The predicted molar refractivity (Wildman–Crippen MR) is 39.0 cm³/mol. The van der Waals surface area contributed by atoms with E-state index in [1.165, 1.54) is 0 Å². The second-order valence-corrected chi connectivity index (χ2v) is 3.43. The van der Waals surface area contributed by atoms with Gasteiger partial charge in [-0.2, -0.15) is 8.42 Å². The standard InChI is InChI=1S/2K.H3O7PS.2H/c;;1-8(2,3)7-9(4,5)6;;/h;;(H2,1,2,3)(H,4,5,6);;. The molecule has 0 aromatic carbocycles. The van der Waals surface area contributed by atoms with E-state index < -0.39 is 18.2 Å². The zero-order chi connectivity index (χ0) is 7.71. The zero-order valence-electron chi connectivity index (χ0n) is 3.83. The monoisotopic (exact) mass is 258 g/mol. The van der Waals surface area contributed by atoms with E-state index in [4.69, 9.17) is 14.3 Å². The van der Waals surface area contributed by atoms with E-state index in [1.807, 2.05) is 0 Å². The summed E-state index contributed by atoms with van der Waals surface area (Å²) in [6.45, 7) is 0. The first kappa shape index (κ1) is 19.8. The average Bonchev–Trinajstić information content (AvgIpc) is 1.14. The number of hydrogen-bond acceptors (Lipinski definition) is 4. The third kappa shape index (κ3) is 19.6. The molecule has 0 heterocycles. The van der Waals surface area contributed by atoms with E-state index in [0.29, 0.717) is 0 Å². The molecule has 0 atom stereocenters. The van der Waals surface area contributed by atoms with Crippen LogP contribution in [0.3, 0.4) is 0 Å². The van der Waals surface area contributed by atoms with Crippen LogP contribution in [0.15, 0.2) is 0 Å². The normalized spacial score (nSPS) is 11.2. The fraction of sp³-hybridized carbons (Fsp3) is 0. The summed E-state index contributed by atoms with van der Waals surface area (Å²) in [6.07, 6.45) is 0. The van der Waals surface area contributed by atoms with E-state index >= 15 is 0 Å². The Morgan fingerprint density at radius 1 is 1.18 bits per heavy atom. The first-order valence-electron chi connectivity index (χ1n) is 1.45. The minimum atomic E-state index is -5.13. The topological polar surface area (TPSA) is 121 Å². The summed E-state index contributed by atoms with van der Waals surface area (Å²) >= 11 is 0. The second-order valence-electron chi connectivity index (χ2n) is 0.993. The third-order valence-electron chi connectivity index (χ3n) is 0.191. The van der Waals surface area contributed by atoms with Crippen LogP contribution in [0, 0.1) is 0 Å². The molecular formula is H5K2O7PS. The van der Waals surface area contributed by atoms with E-state index in [0.717, 1.165) is 0 Å². The van der Waals surface area contributed by atoms with Gasteiger partial charge in [0.2, 0.25) is 0 Å². The molecular weight excluding hydrogens is 253 g/mol. The van der Waals surface area contributed by atoms with Crippen molar-refractivity contribution in [1.29, 1.82) is 0 Å². The Labute approximate surface area is 148 Å². The molecule has 3 N–H and O–H groups in total. The fourth-order valence-corrected chi connectivity index (χ4v) is 1.10. The molecule has 60 valence electrons. The molecule has 0 aliphatic rings. The summed E-state index contributed by atoms with van der Waals surface area (Å²) in [5.41, 5.74) is 0. The van der Waals surface area contributed by atoms with Crippen molar-refractivity contribution in [2.45, 2.75) is 0 Å². The average molecular weight is 258 g/mol. The Bertz CT molecular complexity index is 223. The molecule has 11 heavy (non-hydrogen) atoms. The van der Waals surface area contributed by atoms with Gasteiger partial charge in [-0.3, -0.25) is 4.55 Å². The number of phosphoric acid groups is 1. The van der Waals surface area contributed by atoms with Crippen LogP contribution >= 0.6 is 7.82 Å². The molecule has 0 aliphatic heterocycles. The van der Waals surface area contributed by atoms with Crippen molar-refractivity contribution in [1.82, 2.24) is 0 Å². The summed E-state index contributed by atoms with van der Waals surface area (Å²) in [5, 5.41) is 0. The maximum atomic E-state index is 9.58. The molecule has 0 aliphatic carbocycles. The van der Waals surface area contributed by atoms with Crippen LogP contribution in [0.4, 0.5) is 0 Å². The molecule has 0 saturated heterocycles. The van der Waals surface area contributed by atoms with Crippen LogP contribution in [0.5, 0.6) is 0 Å². The first-order valence-corrected chi connectivity index (χ1v) is 4.34. The van der Waals surface area contributed by atoms with Crippen LogP contribution in [-0.4, -0.2) is 126 Å². The van der Waals surface area contributed by atoms with Gasteiger partial charge in [-0.05, 0) is 0 Å². The molecule has 0 aromatic rings. The van der Waals surface area contributed by atoms with Crippen molar-refractivity contribution >= 4 is 121 Å². The molecule has 0 aromatic heterocycles. The van der Waals surface area contributed by atoms with Crippen LogP contribution < -0.4 is 0 Å². The zero-order valence-corrected chi connectivity index (χ0v) is 5.54. The third-order valence-corrected chi connectivity index (χ3v) is 1.72. The van der Waals surface area contributed by atoms with Crippen molar-refractivity contribution < 1.29 is 31.3 Å². The summed E-state index contributed by atoms with van der Waals surface area (Å²) in [4.78, 5) is 15.4. The summed E-state index contributed by atoms with van der Waals surface area (Å²) in [6, 6.07) is 0. The van der Waals surface area contributed by atoms with Crippen LogP contribution in [0.2, 0.25) is 0 Å². The van der Waals surface area contributed by atoms with Gasteiger partial charge < -0.3 is 9.79 Å².